The monoisotopic (exact) mass is 326 g/mol. The average Bonchev–Trinajstić information content (AvgIpc) is 2.41. The highest BCUT2D eigenvalue weighted by molar-refractivity contribution is 7.92. The SMILES string of the molecule is N#Cc1cccc(NS(=O)(=O)c2cc(Cl)ccc2Cl)c1. The number of anilines is 1. The largest absolute Gasteiger partial charge is 0.280 e. The van der Waals surface area contributed by atoms with E-state index in [2.05, 4.69) is 4.72 Å². The fraction of sp³-hybridized carbons (Fsp3) is 0. The number of hydrogen-bond acceptors (Lipinski definition) is 3. The number of sulfonamides is 1. The summed E-state index contributed by atoms with van der Waals surface area (Å²) in [5.74, 6) is 0. The van der Waals surface area contributed by atoms with Gasteiger partial charge in [-0.25, -0.2) is 8.42 Å². The predicted molar refractivity (Wildman–Crippen MR) is 78.4 cm³/mol. The minimum absolute atomic E-state index is 0.0679. The number of halogens is 2. The number of hydrogen-bond donors (Lipinski definition) is 1. The lowest BCUT2D eigenvalue weighted by Gasteiger charge is -2.10. The summed E-state index contributed by atoms with van der Waals surface area (Å²) in [6.07, 6.45) is 0. The van der Waals surface area contributed by atoms with Gasteiger partial charge in [0, 0.05) is 5.02 Å². The third-order valence-electron chi connectivity index (χ3n) is 2.43. The smallest absolute Gasteiger partial charge is 0.263 e. The van der Waals surface area contributed by atoms with Gasteiger partial charge < -0.3 is 0 Å². The van der Waals surface area contributed by atoms with Crippen LogP contribution in [0.5, 0.6) is 0 Å². The quantitative estimate of drug-likeness (QED) is 0.935. The first-order valence-electron chi connectivity index (χ1n) is 5.40. The molecule has 0 heterocycles. The Bertz CT molecular complexity index is 798. The summed E-state index contributed by atoms with van der Waals surface area (Å²) in [7, 11) is -3.87. The molecule has 0 radical (unpaired) electrons. The van der Waals surface area contributed by atoms with Gasteiger partial charge in [-0.3, -0.25) is 4.72 Å². The maximum Gasteiger partial charge on any atom is 0.263 e. The highest BCUT2D eigenvalue weighted by Crippen LogP contribution is 2.26. The second-order valence-corrected chi connectivity index (χ2v) is 6.37. The summed E-state index contributed by atoms with van der Waals surface area (Å²) in [6, 6.07) is 12.2. The molecule has 0 aliphatic carbocycles. The minimum Gasteiger partial charge on any atom is -0.280 e. The van der Waals surface area contributed by atoms with Gasteiger partial charge in [0.2, 0.25) is 0 Å². The molecule has 2 rings (SSSR count). The predicted octanol–water partition coefficient (Wildman–Crippen LogP) is 3.67. The van der Waals surface area contributed by atoms with Crippen LogP contribution in [0.2, 0.25) is 10.0 Å². The van der Waals surface area contributed by atoms with Crippen LogP contribution < -0.4 is 4.72 Å². The van der Waals surface area contributed by atoms with Crippen molar-refractivity contribution >= 4 is 38.9 Å². The normalized spacial score (nSPS) is 10.8. The molecule has 2 aromatic carbocycles. The third kappa shape index (κ3) is 3.23. The van der Waals surface area contributed by atoms with Crippen LogP contribution in [0.15, 0.2) is 47.4 Å². The standard InChI is InChI=1S/C13H8Cl2N2O2S/c14-10-4-5-12(15)13(7-10)20(18,19)17-11-3-1-2-9(6-11)8-16/h1-7,17H. The lowest BCUT2D eigenvalue weighted by molar-refractivity contribution is 0.601. The maximum absolute atomic E-state index is 12.2. The van der Waals surface area contributed by atoms with Crippen molar-refractivity contribution in [3.05, 3.63) is 58.1 Å². The Morgan fingerprint density at radius 3 is 2.55 bits per heavy atom. The summed E-state index contributed by atoms with van der Waals surface area (Å²) >= 11 is 11.7. The molecule has 0 amide bonds. The Labute approximate surface area is 126 Å². The first-order chi connectivity index (χ1) is 9.42. The first-order valence-corrected chi connectivity index (χ1v) is 7.64. The molecule has 0 unspecified atom stereocenters. The van der Waals surface area contributed by atoms with E-state index in [9.17, 15) is 8.42 Å². The molecule has 2 aromatic rings. The minimum atomic E-state index is -3.87. The van der Waals surface area contributed by atoms with E-state index in [0.717, 1.165) is 0 Å². The Morgan fingerprint density at radius 2 is 1.85 bits per heavy atom. The fourth-order valence-electron chi connectivity index (χ4n) is 1.55. The Balaban J connectivity index is 2.41. The van der Waals surface area contributed by atoms with E-state index in [4.69, 9.17) is 28.5 Å². The van der Waals surface area contributed by atoms with Crippen molar-refractivity contribution in [3.63, 3.8) is 0 Å². The zero-order valence-electron chi connectivity index (χ0n) is 9.97. The molecule has 0 saturated heterocycles. The van der Waals surface area contributed by atoms with Crippen LogP contribution in [0, 0.1) is 11.3 Å². The van der Waals surface area contributed by atoms with E-state index in [1.54, 1.807) is 12.1 Å². The van der Waals surface area contributed by atoms with Gasteiger partial charge in [-0.1, -0.05) is 29.3 Å². The highest BCUT2D eigenvalue weighted by Gasteiger charge is 2.18. The van der Waals surface area contributed by atoms with Gasteiger partial charge in [0.05, 0.1) is 22.3 Å². The van der Waals surface area contributed by atoms with Crippen LogP contribution >= 0.6 is 23.2 Å². The highest BCUT2D eigenvalue weighted by atomic mass is 35.5. The van der Waals surface area contributed by atoms with Crippen molar-refractivity contribution in [3.8, 4) is 6.07 Å². The molecule has 1 N–H and O–H groups in total. The Morgan fingerprint density at radius 1 is 1.10 bits per heavy atom. The number of nitrogens with zero attached hydrogens (tertiary/aromatic N) is 1. The van der Waals surface area contributed by atoms with Crippen molar-refractivity contribution in [2.24, 2.45) is 0 Å². The van der Waals surface area contributed by atoms with Gasteiger partial charge >= 0.3 is 0 Å². The fourth-order valence-corrected chi connectivity index (χ4v) is 3.36. The molecule has 20 heavy (non-hydrogen) atoms. The molecular formula is C13H8Cl2N2O2S. The van der Waals surface area contributed by atoms with Gasteiger partial charge in [-0.2, -0.15) is 5.26 Å². The Kier molecular flexibility index (Phi) is 4.19. The molecule has 102 valence electrons. The molecule has 0 aromatic heterocycles. The first kappa shape index (κ1) is 14.7. The molecule has 0 aliphatic rings. The van der Waals surface area contributed by atoms with Gasteiger partial charge in [-0.15, -0.1) is 0 Å². The van der Waals surface area contributed by atoms with Crippen LogP contribution in [0.3, 0.4) is 0 Å². The molecule has 0 atom stereocenters. The van der Waals surface area contributed by atoms with E-state index >= 15 is 0 Å². The molecule has 0 bridgehead atoms. The summed E-state index contributed by atoms with van der Waals surface area (Å²) in [5.41, 5.74) is 0.627. The summed E-state index contributed by atoms with van der Waals surface area (Å²) in [4.78, 5) is -0.117. The third-order valence-corrected chi connectivity index (χ3v) is 4.52. The van der Waals surface area contributed by atoms with Crippen LogP contribution in [0.4, 0.5) is 5.69 Å². The maximum atomic E-state index is 12.2. The van der Waals surface area contributed by atoms with Gasteiger partial charge in [0.1, 0.15) is 4.90 Å². The Hall–Kier alpha value is -1.74. The van der Waals surface area contributed by atoms with E-state index in [-0.39, 0.29) is 20.6 Å². The summed E-state index contributed by atoms with van der Waals surface area (Å²) in [5, 5.41) is 9.12. The van der Waals surface area contributed by atoms with E-state index in [1.165, 1.54) is 30.3 Å². The molecule has 0 saturated carbocycles. The average molecular weight is 327 g/mol. The van der Waals surface area contributed by atoms with Gasteiger partial charge in [0.25, 0.3) is 10.0 Å². The van der Waals surface area contributed by atoms with E-state index in [0.29, 0.717) is 5.56 Å². The zero-order valence-corrected chi connectivity index (χ0v) is 12.3. The zero-order chi connectivity index (χ0) is 14.8. The van der Waals surface area contributed by atoms with Crippen LogP contribution in [0.1, 0.15) is 5.56 Å². The van der Waals surface area contributed by atoms with Crippen LogP contribution in [0.25, 0.3) is 0 Å². The lowest BCUT2D eigenvalue weighted by atomic mass is 10.2. The van der Waals surface area contributed by atoms with Crippen molar-refractivity contribution in [2.75, 3.05) is 4.72 Å². The summed E-state index contributed by atoms with van der Waals surface area (Å²) < 4.78 is 26.8. The number of nitrogens with one attached hydrogen (secondary N) is 1. The van der Waals surface area contributed by atoms with Crippen LogP contribution in [-0.4, -0.2) is 8.42 Å². The van der Waals surface area contributed by atoms with Crippen molar-refractivity contribution in [2.45, 2.75) is 4.90 Å². The van der Waals surface area contributed by atoms with Crippen molar-refractivity contribution in [1.29, 1.82) is 5.26 Å². The van der Waals surface area contributed by atoms with Crippen molar-refractivity contribution in [1.82, 2.24) is 0 Å². The molecule has 7 heteroatoms. The van der Waals surface area contributed by atoms with E-state index < -0.39 is 10.0 Å². The molecule has 0 spiro atoms. The number of rotatable bonds is 3. The van der Waals surface area contributed by atoms with Crippen LogP contribution in [-0.2, 0) is 10.0 Å². The molecular weight excluding hydrogens is 319 g/mol. The summed E-state index contributed by atoms with van der Waals surface area (Å²) in [6.45, 7) is 0. The second-order valence-electron chi connectivity index (χ2n) is 3.87. The van der Waals surface area contributed by atoms with Crippen molar-refractivity contribution < 1.29 is 8.42 Å². The molecule has 0 aliphatic heterocycles. The number of benzene rings is 2. The van der Waals surface area contributed by atoms with Gasteiger partial charge in [-0.05, 0) is 36.4 Å². The van der Waals surface area contributed by atoms with Gasteiger partial charge in [0.15, 0.2) is 0 Å². The topological polar surface area (TPSA) is 70.0 Å². The molecule has 4 nitrogen and oxygen atoms in total. The lowest BCUT2D eigenvalue weighted by Crippen LogP contribution is -2.13. The van der Waals surface area contributed by atoms with E-state index in [1.807, 2.05) is 6.07 Å². The molecule has 0 fully saturated rings. The second kappa shape index (κ2) is 5.71. The number of nitriles is 1.